The van der Waals surface area contributed by atoms with Crippen LogP contribution >= 0.6 is 0 Å². The molecule has 0 aromatic rings. The lowest BCUT2D eigenvalue weighted by molar-refractivity contribution is -0.151. The molecule has 2 rings (SSSR count). The Hall–Kier alpha value is -3.30. The highest BCUT2D eigenvalue weighted by molar-refractivity contribution is 6.13. The fraction of sp³-hybridized carbons (Fsp3) is 0.333. The van der Waals surface area contributed by atoms with Gasteiger partial charge in [0.1, 0.15) is 24.0 Å². The predicted octanol–water partition coefficient (Wildman–Crippen LogP) is -1.85. The molecule has 10 heteroatoms. The van der Waals surface area contributed by atoms with Gasteiger partial charge in [-0.25, -0.2) is 0 Å². The highest BCUT2D eigenvalue weighted by atomic mass is 16.2. The number of amides is 6. The lowest BCUT2D eigenvalue weighted by Crippen LogP contribution is -2.57. The molecule has 0 aromatic carbocycles. The van der Waals surface area contributed by atoms with Crippen LogP contribution in [0.2, 0.25) is 0 Å². The van der Waals surface area contributed by atoms with Crippen LogP contribution < -0.4 is 10.6 Å². The van der Waals surface area contributed by atoms with Crippen molar-refractivity contribution in [2.75, 3.05) is 6.54 Å². The molecule has 2 fully saturated rings. The van der Waals surface area contributed by atoms with Crippen molar-refractivity contribution in [1.29, 1.82) is 0 Å². The van der Waals surface area contributed by atoms with Gasteiger partial charge in [-0.15, -0.1) is 0 Å². The van der Waals surface area contributed by atoms with E-state index in [0.717, 1.165) is 35.8 Å². The van der Waals surface area contributed by atoms with Gasteiger partial charge in [0.2, 0.25) is 23.6 Å². The Labute approximate surface area is 142 Å². The molecule has 10 nitrogen and oxygen atoms in total. The Morgan fingerprint density at radius 2 is 1.52 bits per heavy atom. The lowest BCUT2D eigenvalue weighted by atomic mass is 10.1. The highest BCUT2D eigenvalue weighted by Crippen LogP contribution is 2.14. The fourth-order valence-corrected chi connectivity index (χ4v) is 2.38. The van der Waals surface area contributed by atoms with Gasteiger partial charge in [0, 0.05) is 13.8 Å². The number of hydrogen-bond acceptors (Lipinski definition) is 6. The quantitative estimate of drug-likeness (QED) is 0.535. The second kappa shape index (κ2) is 6.67. The molecule has 2 saturated heterocycles. The maximum Gasteiger partial charge on any atom is 0.277 e. The van der Waals surface area contributed by atoms with Crippen molar-refractivity contribution in [3.05, 3.63) is 23.5 Å². The molecule has 2 N–H and O–H groups in total. The van der Waals surface area contributed by atoms with E-state index in [4.69, 9.17) is 0 Å². The van der Waals surface area contributed by atoms with Gasteiger partial charge in [-0.3, -0.25) is 38.6 Å². The van der Waals surface area contributed by atoms with Gasteiger partial charge < -0.3 is 10.6 Å². The van der Waals surface area contributed by atoms with Crippen molar-refractivity contribution in [3.63, 3.8) is 0 Å². The van der Waals surface area contributed by atoms with Crippen molar-refractivity contribution < 1.29 is 28.8 Å². The van der Waals surface area contributed by atoms with Gasteiger partial charge in [0.15, 0.2) is 0 Å². The molecule has 1 unspecified atom stereocenters. The maximum absolute atomic E-state index is 12.3. The van der Waals surface area contributed by atoms with Crippen LogP contribution in [0.1, 0.15) is 20.8 Å². The van der Waals surface area contributed by atoms with Crippen LogP contribution in [0.25, 0.3) is 0 Å². The zero-order valence-corrected chi connectivity index (χ0v) is 13.8. The Balaban J connectivity index is 2.34. The van der Waals surface area contributed by atoms with Crippen LogP contribution in [-0.4, -0.2) is 57.8 Å². The number of nitrogens with one attached hydrogen (secondary N) is 2. The molecule has 0 aliphatic carbocycles. The average molecular weight is 348 g/mol. The molecule has 25 heavy (non-hydrogen) atoms. The third kappa shape index (κ3) is 3.47. The molecule has 2 aliphatic rings. The third-order valence-corrected chi connectivity index (χ3v) is 3.66. The molecule has 0 bridgehead atoms. The molecule has 2 heterocycles. The zero-order valence-electron chi connectivity index (χ0n) is 13.8. The van der Waals surface area contributed by atoms with Crippen LogP contribution in [0.5, 0.6) is 0 Å². The van der Waals surface area contributed by atoms with Gasteiger partial charge in [0.25, 0.3) is 11.8 Å². The smallest absolute Gasteiger partial charge is 0.277 e. The van der Waals surface area contributed by atoms with Gasteiger partial charge >= 0.3 is 0 Å². The summed E-state index contributed by atoms with van der Waals surface area (Å²) in [5.41, 5.74) is -0.457. The Kier molecular flexibility index (Phi) is 4.82. The molecule has 0 spiro atoms. The maximum atomic E-state index is 12.3. The number of carbonyl (C=O) groups is 6. The first-order valence-electron chi connectivity index (χ1n) is 7.32. The second-order valence-corrected chi connectivity index (χ2v) is 5.48. The molecule has 2 aliphatic heterocycles. The molecule has 6 amide bonds. The van der Waals surface area contributed by atoms with E-state index in [2.05, 4.69) is 10.6 Å². The van der Waals surface area contributed by atoms with Crippen molar-refractivity contribution in [1.82, 2.24) is 20.4 Å². The minimum atomic E-state index is -0.959. The number of imide groups is 2. The molecule has 132 valence electrons. The van der Waals surface area contributed by atoms with E-state index in [1.54, 1.807) is 0 Å². The minimum absolute atomic E-state index is 0.228. The Morgan fingerprint density at radius 3 is 2.04 bits per heavy atom. The molecule has 1 atom stereocenters. The van der Waals surface area contributed by atoms with E-state index < -0.39 is 48.0 Å². The van der Waals surface area contributed by atoms with E-state index in [9.17, 15) is 28.8 Å². The molecule has 0 saturated carbocycles. The standard InChI is InChI=1S/C15H16N4O6/c1-7-13(23)17-11(15(25)19(7)9(3)21)5-4-10-14(24)18(8(2)20)6-12(22)16-10/h4-5,7H,6H2,1-3H3,(H,16,22)(H,17,23)/b10-4+,11-5+. The van der Waals surface area contributed by atoms with Crippen LogP contribution in [-0.2, 0) is 28.8 Å². The topological polar surface area (TPSA) is 133 Å². The zero-order chi connectivity index (χ0) is 18.9. The molecular formula is C15H16N4O6. The van der Waals surface area contributed by atoms with Crippen molar-refractivity contribution in [2.45, 2.75) is 26.8 Å². The summed E-state index contributed by atoms with van der Waals surface area (Å²) in [5, 5.41) is 4.62. The van der Waals surface area contributed by atoms with Gasteiger partial charge in [0.05, 0.1) is 0 Å². The van der Waals surface area contributed by atoms with Crippen molar-refractivity contribution in [2.24, 2.45) is 0 Å². The van der Waals surface area contributed by atoms with E-state index >= 15 is 0 Å². The number of allylic oxidation sites excluding steroid dienone is 2. The second-order valence-electron chi connectivity index (χ2n) is 5.48. The lowest BCUT2D eigenvalue weighted by Gasteiger charge is -2.31. The first-order chi connectivity index (χ1) is 11.6. The fourth-order valence-electron chi connectivity index (χ4n) is 2.38. The average Bonchev–Trinajstić information content (AvgIpc) is 2.51. The van der Waals surface area contributed by atoms with Crippen LogP contribution in [0.3, 0.4) is 0 Å². The molecule has 0 radical (unpaired) electrons. The van der Waals surface area contributed by atoms with E-state index in [1.807, 2.05) is 0 Å². The molecular weight excluding hydrogens is 332 g/mol. The highest BCUT2D eigenvalue weighted by Gasteiger charge is 2.37. The Morgan fingerprint density at radius 1 is 0.960 bits per heavy atom. The third-order valence-electron chi connectivity index (χ3n) is 3.66. The normalized spacial score (nSPS) is 24.5. The number of hydrogen-bond donors (Lipinski definition) is 2. The number of nitrogens with zero attached hydrogens (tertiary/aromatic N) is 2. The predicted molar refractivity (Wildman–Crippen MR) is 81.8 cm³/mol. The summed E-state index contributed by atoms with van der Waals surface area (Å²) in [6, 6.07) is -0.959. The molecule has 0 aromatic heterocycles. The number of carbonyl (C=O) groups excluding carboxylic acids is 6. The Bertz CT molecular complexity index is 766. The summed E-state index contributed by atoms with van der Waals surface area (Å²) in [6.07, 6.45) is 2.19. The van der Waals surface area contributed by atoms with Gasteiger partial charge in [-0.1, -0.05) is 0 Å². The van der Waals surface area contributed by atoms with E-state index in [0.29, 0.717) is 0 Å². The SMILES string of the molecule is CC(=O)N1CC(=O)N/C(=C/C=C2/NC(=O)C(C)N(C(C)=O)C2=O)C1=O. The first kappa shape index (κ1) is 18.0. The van der Waals surface area contributed by atoms with Gasteiger partial charge in [-0.05, 0) is 19.1 Å². The summed E-state index contributed by atoms with van der Waals surface area (Å²) >= 11 is 0. The van der Waals surface area contributed by atoms with E-state index in [1.165, 1.54) is 6.92 Å². The summed E-state index contributed by atoms with van der Waals surface area (Å²) in [4.78, 5) is 72.3. The van der Waals surface area contributed by atoms with Crippen molar-refractivity contribution in [3.8, 4) is 0 Å². The summed E-state index contributed by atoms with van der Waals surface area (Å²) in [6.45, 7) is 3.30. The summed E-state index contributed by atoms with van der Waals surface area (Å²) < 4.78 is 0. The van der Waals surface area contributed by atoms with Crippen LogP contribution in [0.4, 0.5) is 0 Å². The largest absolute Gasteiger partial charge is 0.320 e. The minimum Gasteiger partial charge on any atom is -0.320 e. The van der Waals surface area contributed by atoms with E-state index in [-0.39, 0.29) is 11.4 Å². The first-order valence-corrected chi connectivity index (χ1v) is 7.32. The van der Waals surface area contributed by atoms with Gasteiger partial charge in [-0.2, -0.15) is 0 Å². The number of rotatable bonds is 1. The monoisotopic (exact) mass is 348 g/mol. The van der Waals surface area contributed by atoms with Crippen LogP contribution in [0, 0.1) is 0 Å². The number of piperazine rings is 2. The summed E-state index contributed by atoms with van der Waals surface area (Å²) in [5.74, 6) is -3.82. The van der Waals surface area contributed by atoms with Crippen LogP contribution in [0.15, 0.2) is 23.5 Å². The summed E-state index contributed by atoms with van der Waals surface area (Å²) in [7, 11) is 0. The van der Waals surface area contributed by atoms with Crippen molar-refractivity contribution >= 4 is 35.4 Å².